The standard InChI is InChI=1S/C21H27ClN4O/c1-15(2)13-18-23-24-19-14-25(11-12-26(18)19)20(27)21(9-3-4-10-21)16-5-7-17(22)8-6-16/h5-8,15H,3-4,9-14H2,1-2H3. The van der Waals surface area contributed by atoms with Crippen LogP contribution in [0.3, 0.4) is 0 Å². The smallest absolute Gasteiger partial charge is 0.233 e. The maximum absolute atomic E-state index is 13.6. The molecule has 0 unspecified atom stereocenters. The largest absolute Gasteiger partial charge is 0.333 e. The van der Waals surface area contributed by atoms with E-state index in [1.807, 2.05) is 29.2 Å². The lowest BCUT2D eigenvalue weighted by molar-refractivity contribution is -0.139. The van der Waals surface area contributed by atoms with Gasteiger partial charge >= 0.3 is 0 Å². The molecule has 0 bridgehead atoms. The van der Waals surface area contributed by atoms with E-state index in [9.17, 15) is 4.79 Å². The van der Waals surface area contributed by atoms with E-state index in [4.69, 9.17) is 11.6 Å². The molecule has 6 heteroatoms. The molecule has 5 nitrogen and oxygen atoms in total. The number of halogens is 1. The predicted molar refractivity (Wildman–Crippen MR) is 106 cm³/mol. The molecule has 2 aromatic rings. The zero-order valence-corrected chi connectivity index (χ0v) is 16.9. The van der Waals surface area contributed by atoms with Crippen LogP contribution in [0.1, 0.15) is 56.7 Å². The van der Waals surface area contributed by atoms with Crippen molar-refractivity contribution in [2.75, 3.05) is 6.54 Å². The third kappa shape index (κ3) is 3.38. The van der Waals surface area contributed by atoms with Gasteiger partial charge in [-0.15, -0.1) is 10.2 Å². The van der Waals surface area contributed by atoms with Gasteiger partial charge < -0.3 is 9.47 Å². The highest BCUT2D eigenvalue weighted by molar-refractivity contribution is 6.30. The Morgan fingerprint density at radius 3 is 2.52 bits per heavy atom. The van der Waals surface area contributed by atoms with E-state index >= 15 is 0 Å². The molecule has 0 saturated heterocycles. The van der Waals surface area contributed by atoms with Gasteiger partial charge in [0.15, 0.2) is 5.82 Å². The third-order valence-corrected chi connectivity index (χ3v) is 6.22. The SMILES string of the molecule is CC(C)Cc1nnc2n1CCN(C(=O)C1(c3ccc(Cl)cc3)CCCC1)C2. The van der Waals surface area contributed by atoms with E-state index in [0.717, 1.165) is 62.4 Å². The number of hydrogen-bond donors (Lipinski definition) is 0. The van der Waals surface area contributed by atoms with Gasteiger partial charge in [0.2, 0.25) is 5.91 Å². The minimum Gasteiger partial charge on any atom is -0.333 e. The Morgan fingerprint density at radius 1 is 1.15 bits per heavy atom. The molecule has 2 heterocycles. The molecule has 2 aliphatic rings. The highest BCUT2D eigenvalue weighted by Crippen LogP contribution is 2.43. The summed E-state index contributed by atoms with van der Waals surface area (Å²) in [5, 5.41) is 9.46. The van der Waals surface area contributed by atoms with Crippen molar-refractivity contribution in [1.82, 2.24) is 19.7 Å². The van der Waals surface area contributed by atoms with Crippen LogP contribution >= 0.6 is 11.6 Å². The Morgan fingerprint density at radius 2 is 1.85 bits per heavy atom. The molecule has 4 rings (SSSR count). The quantitative estimate of drug-likeness (QED) is 0.798. The van der Waals surface area contributed by atoms with Crippen LogP contribution in [0, 0.1) is 5.92 Å². The van der Waals surface area contributed by atoms with Crippen LogP contribution in [0.4, 0.5) is 0 Å². The monoisotopic (exact) mass is 386 g/mol. The fraction of sp³-hybridized carbons (Fsp3) is 0.571. The van der Waals surface area contributed by atoms with Gasteiger partial charge in [0.1, 0.15) is 5.82 Å². The summed E-state index contributed by atoms with van der Waals surface area (Å²) in [4.78, 5) is 15.6. The summed E-state index contributed by atoms with van der Waals surface area (Å²) >= 11 is 6.07. The van der Waals surface area contributed by atoms with Gasteiger partial charge in [0.25, 0.3) is 0 Å². The Bertz CT molecular complexity index is 821. The zero-order valence-electron chi connectivity index (χ0n) is 16.1. The normalized spacial score (nSPS) is 18.7. The number of rotatable bonds is 4. The minimum atomic E-state index is -0.409. The number of hydrogen-bond acceptors (Lipinski definition) is 3. The number of amides is 1. The molecule has 1 aromatic carbocycles. The number of benzene rings is 1. The van der Waals surface area contributed by atoms with Crippen LogP contribution < -0.4 is 0 Å². The van der Waals surface area contributed by atoms with E-state index in [1.165, 1.54) is 0 Å². The summed E-state index contributed by atoms with van der Waals surface area (Å²) in [5.74, 6) is 2.74. The first-order valence-electron chi connectivity index (χ1n) is 9.96. The summed E-state index contributed by atoms with van der Waals surface area (Å²) in [6.07, 6.45) is 4.94. The van der Waals surface area contributed by atoms with Crippen molar-refractivity contribution in [3.8, 4) is 0 Å². The molecule has 1 aromatic heterocycles. The second kappa shape index (κ2) is 7.27. The van der Waals surface area contributed by atoms with E-state index in [0.29, 0.717) is 17.5 Å². The lowest BCUT2D eigenvalue weighted by Crippen LogP contribution is -2.48. The molecule has 1 fully saturated rings. The lowest BCUT2D eigenvalue weighted by Gasteiger charge is -2.37. The second-order valence-electron chi connectivity index (χ2n) is 8.30. The molecule has 0 spiro atoms. The maximum atomic E-state index is 13.6. The van der Waals surface area contributed by atoms with Crippen molar-refractivity contribution in [3.63, 3.8) is 0 Å². The summed E-state index contributed by atoms with van der Waals surface area (Å²) in [6.45, 7) is 6.45. The lowest BCUT2D eigenvalue weighted by atomic mass is 9.77. The molecule has 27 heavy (non-hydrogen) atoms. The second-order valence-corrected chi connectivity index (χ2v) is 8.74. The van der Waals surface area contributed by atoms with Gasteiger partial charge in [-0.25, -0.2) is 0 Å². The summed E-state index contributed by atoms with van der Waals surface area (Å²) in [7, 11) is 0. The van der Waals surface area contributed by atoms with Gasteiger partial charge in [-0.3, -0.25) is 4.79 Å². The van der Waals surface area contributed by atoms with E-state index in [2.05, 4.69) is 28.6 Å². The summed E-state index contributed by atoms with van der Waals surface area (Å²) in [5.41, 5.74) is 0.690. The van der Waals surface area contributed by atoms with E-state index < -0.39 is 5.41 Å². The van der Waals surface area contributed by atoms with Crippen molar-refractivity contribution in [3.05, 3.63) is 46.5 Å². The fourth-order valence-electron chi connectivity index (χ4n) is 4.58. The van der Waals surface area contributed by atoms with Crippen LogP contribution in [0.5, 0.6) is 0 Å². The van der Waals surface area contributed by atoms with Gasteiger partial charge in [0, 0.05) is 24.5 Å². The summed E-state index contributed by atoms with van der Waals surface area (Å²) in [6, 6.07) is 7.85. The number of aromatic nitrogens is 3. The van der Waals surface area contributed by atoms with Crippen LogP contribution in [-0.2, 0) is 29.7 Å². The number of carbonyl (C=O) groups excluding carboxylic acids is 1. The van der Waals surface area contributed by atoms with Crippen molar-refractivity contribution in [2.45, 2.75) is 64.5 Å². The highest BCUT2D eigenvalue weighted by atomic mass is 35.5. The number of fused-ring (bicyclic) bond motifs is 1. The minimum absolute atomic E-state index is 0.238. The zero-order chi connectivity index (χ0) is 19.0. The first kappa shape index (κ1) is 18.5. The predicted octanol–water partition coefficient (Wildman–Crippen LogP) is 3.98. The van der Waals surface area contributed by atoms with E-state index in [-0.39, 0.29) is 5.91 Å². The summed E-state index contributed by atoms with van der Waals surface area (Å²) < 4.78 is 2.20. The average molecular weight is 387 g/mol. The fourth-order valence-corrected chi connectivity index (χ4v) is 4.71. The third-order valence-electron chi connectivity index (χ3n) is 5.97. The number of carbonyl (C=O) groups is 1. The Hall–Kier alpha value is -1.88. The average Bonchev–Trinajstić information content (AvgIpc) is 3.29. The Balaban J connectivity index is 1.58. The van der Waals surface area contributed by atoms with Crippen LogP contribution in [0.15, 0.2) is 24.3 Å². The molecule has 1 aliphatic carbocycles. The molecule has 1 amide bonds. The van der Waals surface area contributed by atoms with Gasteiger partial charge in [0.05, 0.1) is 12.0 Å². The molecule has 0 radical (unpaired) electrons. The Labute approximate surface area is 165 Å². The van der Waals surface area contributed by atoms with Gasteiger partial charge in [-0.2, -0.15) is 0 Å². The first-order valence-corrected chi connectivity index (χ1v) is 10.3. The van der Waals surface area contributed by atoms with Gasteiger partial charge in [-0.1, -0.05) is 50.4 Å². The molecule has 1 aliphatic heterocycles. The van der Waals surface area contributed by atoms with Crippen molar-refractivity contribution in [1.29, 1.82) is 0 Å². The van der Waals surface area contributed by atoms with Gasteiger partial charge in [-0.05, 0) is 36.5 Å². The Kier molecular flexibility index (Phi) is 4.97. The first-order chi connectivity index (χ1) is 13.0. The maximum Gasteiger partial charge on any atom is 0.233 e. The van der Waals surface area contributed by atoms with Crippen molar-refractivity contribution < 1.29 is 4.79 Å². The van der Waals surface area contributed by atoms with Crippen LogP contribution in [-0.4, -0.2) is 32.1 Å². The van der Waals surface area contributed by atoms with Crippen LogP contribution in [0.2, 0.25) is 5.02 Å². The molecule has 144 valence electrons. The van der Waals surface area contributed by atoms with Crippen molar-refractivity contribution in [2.24, 2.45) is 5.92 Å². The molecule has 0 atom stereocenters. The topological polar surface area (TPSA) is 51.0 Å². The molecule has 0 N–H and O–H groups in total. The van der Waals surface area contributed by atoms with Crippen LogP contribution in [0.25, 0.3) is 0 Å². The number of nitrogens with zero attached hydrogens (tertiary/aromatic N) is 4. The van der Waals surface area contributed by atoms with E-state index in [1.54, 1.807) is 0 Å². The molecular weight excluding hydrogens is 360 g/mol. The molecular formula is C21H27ClN4O. The highest BCUT2D eigenvalue weighted by Gasteiger charge is 2.45. The van der Waals surface area contributed by atoms with Crippen molar-refractivity contribution >= 4 is 17.5 Å². The molecule has 1 saturated carbocycles.